The monoisotopic (exact) mass is 597 g/mol. The normalized spacial score (nSPS) is 13.7. The van der Waals surface area contributed by atoms with Crippen molar-refractivity contribution in [2.45, 2.75) is 18.0 Å². The molecule has 4 heteroatoms. The molecule has 175 valence electrons. The zero-order chi connectivity index (χ0) is 22.9. The number of hydrogen-bond donors (Lipinski definition) is 0. The van der Waals surface area contributed by atoms with Crippen molar-refractivity contribution >= 4 is 13.6 Å². The van der Waals surface area contributed by atoms with Gasteiger partial charge in [0.2, 0.25) is 0 Å². The molecule has 0 bridgehead atoms. The molecule has 2 aliphatic carbocycles. The van der Waals surface area contributed by atoms with Gasteiger partial charge >= 0.3 is 220 Å². The fraction of sp³-hybridized carbons (Fsp3) is 0.0938. The minimum atomic E-state index is -0.796. The SMILES string of the molecule is [Cl-].[Cl-].[Zr+2][C]1=C(C2c3ccccc3-c3ccccc32)C=CC1=[Si](Cc1ccccc1)Cc1ccccc1. The van der Waals surface area contributed by atoms with E-state index in [1.54, 1.807) is 8.45 Å². The molecule has 0 atom stereocenters. The van der Waals surface area contributed by atoms with Crippen molar-refractivity contribution in [2.75, 3.05) is 0 Å². The van der Waals surface area contributed by atoms with Gasteiger partial charge in [-0.2, -0.15) is 0 Å². The van der Waals surface area contributed by atoms with Crippen LogP contribution in [0.15, 0.2) is 130 Å². The molecule has 0 heterocycles. The Balaban J connectivity index is 0.00000152. The Hall–Kier alpha value is -2.09. The molecule has 2 aliphatic rings. The predicted molar refractivity (Wildman–Crippen MR) is 141 cm³/mol. The van der Waals surface area contributed by atoms with Gasteiger partial charge in [-0.1, -0.05) is 0 Å². The fourth-order valence-corrected chi connectivity index (χ4v) is 10.3. The maximum absolute atomic E-state index is 2.48. The zero-order valence-corrected chi connectivity index (χ0v) is 24.8. The van der Waals surface area contributed by atoms with Gasteiger partial charge in [0, 0.05) is 0 Å². The van der Waals surface area contributed by atoms with E-state index < -0.39 is 8.41 Å². The topological polar surface area (TPSA) is 0 Å². The molecule has 6 rings (SSSR count). The molecule has 0 N–H and O–H groups in total. The minimum absolute atomic E-state index is 0. The van der Waals surface area contributed by atoms with E-state index in [4.69, 9.17) is 0 Å². The number of halogens is 2. The van der Waals surface area contributed by atoms with Crippen molar-refractivity contribution < 1.29 is 49.5 Å². The average Bonchev–Trinajstić information content (AvgIpc) is 3.42. The van der Waals surface area contributed by atoms with Crippen LogP contribution in [0.25, 0.3) is 11.1 Å². The van der Waals surface area contributed by atoms with Crippen molar-refractivity contribution in [1.29, 1.82) is 0 Å². The predicted octanol–water partition coefficient (Wildman–Crippen LogP) is 0.990. The van der Waals surface area contributed by atoms with E-state index in [2.05, 4.69) is 121 Å². The molecule has 0 radical (unpaired) electrons. The van der Waals surface area contributed by atoms with Crippen LogP contribution in [-0.4, -0.2) is 13.6 Å². The first-order valence-corrected chi connectivity index (χ1v) is 15.1. The first-order valence-electron chi connectivity index (χ1n) is 11.9. The van der Waals surface area contributed by atoms with Crippen molar-refractivity contribution in [3.63, 3.8) is 0 Å². The summed E-state index contributed by atoms with van der Waals surface area (Å²) in [5.74, 6) is 0.354. The van der Waals surface area contributed by atoms with E-state index in [-0.39, 0.29) is 24.8 Å². The van der Waals surface area contributed by atoms with E-state index in [1.807, 2.05) is 0 Å². The molecule has 36 heavy (non-hydrogen) atoms. The van der Waals surface area contributed by atoms with Gasteiger partial charge in [0.05, 0.1) is 0 Å². The first kappa shape index (κ1) is 27.0. The second-order valence-electron chi connectivity index (χ2n) is 9.11. The number of benzene rings is 4. The number of hydrogen-bond acceptors (Lipinski definition) is 0. The summed E-state index contributed by atoms with van der Waals surface area (Å²) in [5.41, 5.74) is 10.2. The first-order chi connectivity index (χ1) is 16.8. The van der Waals surface area contributed by atoms with Crippen LogP contribution in [0, 0.1) is 0 Å². The third-order valence-electron chi connectivity index (χ3n) is 7.03. The molecule has 0 spiro atoms. The second kappa shape index (κ2) is 12.0. The van der Waals surface area contributed by atoms with Gasteiger partial charge in [0.15, 0.2) is 0 Å². The van der Waals surface area contributed by atoms with E-state index >= 15 is 0 Å². The fourth-order valence-electron chi connectivity index (χ4n) is 5.46. The van der Waals surface area contributed by atoms with Gasteiger partial charge in [-0.25, -0.2) is 0 Å². The molecular formula is C32H25Cl2SiZr. The molecule has 0 saturated carbocycles. The summed E-state index contributed by atoms with van der Waals surface area (Å²) in [4.78, 5) is 0. The van der Waals surface area contributed by atoms with Gasteiger partial charge in [0.25, 0.3) is 0 Å². The van der Waals surface area contributed by atoms with Crippen LogP contribution < -0.4 is 24.8 Å². The summed E-state index contributed by atoms with van der Waals surface area (Å²) in [7, 11) is -0.796. The molecule has 0 fully saturated rings. The van der Waals surface area contributed by atoms with Crippen LogP contribution in [-0.2, 0) is 36.8 Å². The summed E-state index contributed by atoms with van der Waals surface area (Å²) >= 11 is 1.53. The molecule has 0 nitrogen and oxygen atoms in total. The molecule has 0 amide bonds. The number of allylic oxidation sites excluding steroid dienone is 4. The van der Waals surface area contributed by atoms with Crippen molar-refractivity contribution in [1.82, 2.24) is 0 Å². The van der Waals surface area contributed by atoms with Gasteiger partial charge in [-0.3, -0.25) is 0 Å². The third kappa shape index (κ3) is 5.15. The second-order valence-corrected chi connectivity index (χ2v) is 12.8. The quantitative estimate of drug-likeness (QED) is 0.301. The van der Waals surface area contributed by atoms with Crippen LogP contribution in [0.2, 0.25) is 0 Å². The summed E-state index contributed by atoms with van der Waals surface area (Å²) in [6, 6.07) is 42.5. The zero-order valence-electron chi connectivity index (χ0n) is 19.8. The Morgan fingerprint density at radius 3 is 1.50 bits per heavy atom. The molecule has 0 saturated heterocycles. The third-order valence-corrected chi connectivity index (χ3v) is 11.9. The summed E-state index contributed by atoms with van der Waals surface area (Å²) in [6.45, 7) is 0. The van der Waals surface area contributed by atoms with E-state index in [9.17, 15) is 0 Å². The van der Waals surface area contributed by atoms with Crippen molar-refractivity contribution in [3.8, 4) is 11.1 Å². The Bertz CT molecular complexity index is 1370. The number of rotatable bonds is 5. The van der Waals surface area contributed by atoms with Crippen LogP contribution >= 0.6 is 0 Å². The van der Waals surface area contributed by atoms with Crippen LogP contribution in [0.4, 0.5) is 0 Å². The Kier molecular flexibility index (Phi) is 8.96. The summed E-state index contributed by atoms with van der Waals surface area (Å²) in [5, 5.41) is 1.63. The van der Waals surface area contributed by atoms with Gasteiger partial charge in [-0.15, -0.1) is 0 Å². The molecular weight excluding hydrogens is 575 g/mol. The van der Waals surface area contributed by atoms with Crippen molar-refractivity contribution in [2.24, 2.45) is 0 Å². The van der Waals surface area contributed by atoms with E-state index in [0.717, 1.165) is 0 Å². The summed E-state index contributed by atoms with van der Waals surface area (Å²) < 4.78 is 1.59. The van der Waals surface area contributed by atoms with Crippen LogP contribution in [0.5, 0.6) is 0 Å². The Morgan fingerprint density at radius 2 is 1.00 bits per heavy atom. The Labute approximate surface area is 243 Å². The van der Waals surface area contributed by atoms with Gasteiger partial charge in [0.1, 0.15) is 0 Å². The molecule has 0 unspecified atom stereocenters. The maximum atomic E-state index is 2.48. The standard InChI is InChI=1S/C32H25Si.2ClH.Zr/c1-3-11-24(12-4-1)22-33(23-25-13-5-2-6-14-25)27-20-19-26(21-27)32-30-17-9-7-15-28(30)29-16-8-10-18-31(29)32;;;/h1-20,32H,22-23H2;2*1H;/q;;;+2/p-2. The molecule has 4 aromatic rings. The van der Waals surface area contributed by atoms with Crippen molar-refractivity contribution in [3.05, 3.63) is 152 Å². The van der Waals surface area contributed by atoms with E-state index in [0.29, 0.717) is 5.92 Å². The molecule has 0 aliphatic heterocycles. The van der Waals surface area contributed by atoms with Gasteiger partial charge < -0.3 is 24.8 Å². The molecule has 0 aromatic heterocycles. The van der Waals surface area contributed by atoms with Crippen LogP contribution in [0.3, 0.4) is 0 Å². The molecule has 4 aromatic carbocycles. The van der Waals surface area contributed by atoms with Gasteiger partial charge in [-0.05, 0) is 0 Å². The summed E-state index contributed by atoms with van der Waals surface area (Å²) in [6.07, 6.45) is 4.92. The van der Waals surface area contributed by atoms with Crippen LogP contribution in [0.1, 0.15) is 28.2 Å². The van der Waals surface area contributed by atoms with E-state index in [1.165, 1.54) is 75.8 Å². The Morgan fingerprint density at radius 1 is 0.556 bits per heavy atom. The average molecular weight is 600 g/mol. The number of fused-ring (bicyclic) bond motifs is 3.